The molecule has 1 aromatic carbocycles. The Labute approximate surface area is 153 Å². The van der Waals surface area contributed by atoms with Gasteiger partial charge in [0.25, 0.3) is 5.91 Å². The molecular weight excluding hydrogens is 328 g/mol. The van der Waals surface area contributed by atoms with Gasteiger partial charge in [0.1, 0.15) is 5.82 Å². The Kier molecular flexibility index (Phi) is 4.54. The molecule has 0 aliphatic carbocycles. The minimum Gasteiger partial charge on any atom is -0.366 e. The third-order valence-electron chi connectivity index (χ3n) is 3.76. The van der Waals surface area contributed by atoms with Gasteiger partial charge in [0.05, 0.1) is 30.4 Å². The summed E-state index contributed by atoms with van der Waals surface area (Å²) in [5.41, 5.74) is 2.99. The molecular formula is C19H24N6O. The summed E-state index contributed by atoms with van der Waals surface area (Å²) in [5.74, 6) is 1.25. The number of hydrogen-bond acceptors (Lipinski definition) is 6. The second-order valence-electron chi connectivity index (χ2n) is 7.37. The number of nitrogens with one attached hydrogen (secondary N) is 3. The molecule has 0 atom stereocenters. The van der Waals surface area contributed by atoms with E-state index in [1.807, 2.05) is 23.1 Å². The molecule has 0 spiro atoms. The fraction of sp³-hybridized carbons (Fsp3) is 0.316. The fourth-order valence-corrected chi connectivity index (χ4v) is 2.60. The van der Waals surface area contributed by atoms with Crippen LogP contribution in [0.2, 0.25) is 0 Å². The van der Waals surface area contributed by atoms with Gasteiger partial charge in [-0.3, -0.25) is 9.78 Å². The van der Waals surface area contributed by atoms with E-state index in [0.717, 1.165) is 23.0 Å². The number of hydrogen-bond donors (Lipinski definition) is 3. The summed E-state index contributed by atoms with van der Waals surface area (Å²) in [6.45, 7) is 12.2. The lowest BCUT2D eigenvalue weighted by molar-refractivity contribution is -0.112. The van der Waals surface area contributed by atoms with E-state index in [4.69, 9.17) is 0 Å². The Morgan fingerprint density at radius 2 is 2.08 bits per heavy atom. The van der Waals surface area contributed by atoms with Crippen LogP contribution in [0.25, 0.3) is 0 Å². The van der Waals surface area contributed by atoms with E-state index >= 15 is 0 Å². The molecule has 7 heteroatoms. The number of carbonyl (C=O) groups excluding carboxylic acids is 1. The zero-order valence-corrected chi connectivity index (χ0v) is 15.6. The van der Waals surface area contributed by atoms with Crippen LogP contribution in [0.4, 0.5) is 28.7 Å². The summed E-state index contributed by atoms with van der Waals surface area (Å²) in [5, 5.41) is 9.50. The average Bonchev–Trinajstić information content (AvgIpc) is 2.96. The molecule has 1 aliphatic heterocycles. The lowest BCUT2D eigenvalue weighted by Crippen LogP contribution is -2.27. The first-order chi connectivity index (χ1) is 12.2. The third-order valence-corrected chi connectivity index (χ3v) is 3.76. The molecule has 26 heavy (non-hydrogen) atoms. The Morgan fingerprint density at radius 1 is 1.31 bits per heavy atom. The zero-order valence-electron chi connectivity index (χ0n) is 15.6. The summed E-state index contributed by atoms with van der Waals surface area (Å²) in [4.78, 5) is 22.9. The molecule has 1 aromatic heterocycles. The molecule has 1 aliphatic rings. The lowest BCUT2D eigenvalue weighted by atomic mass is 10.1. The SMILES string of the molecule is C=C(C)C(=O)Nc1ccc2c(c1)N(c1cncc(NC(C)(C)C)n1)CN2. The summed E-state index contributed by atoms with van der Waals surface area (Å²) >= 11 is 0. The second-order valence-corrected chi connectivity index (χ2v) is 7.37. The number of amides is 1. The Morgan fingerprint density at radius 3 is 2.77 bits per heavy atom. The standard InChI is InChI=1S/C19H24N6O/c1-12(2)18(26)22-13-6-7-14-15(8-13)25(11-21-14)17-10-20-9-16(23-17)24-19(3,4)5/h6-10,21H,1,11H2,2-5H3,(H,22,26)(H,23,24). The maximum absolute atomic E-state index is 11.9. The minimum absolute atomic E-state index is 0.103. The highest BCUT2D eigenvalue weighted by Crippen LogP contribution is 2.38. The molecule has 3 N–H and O–H groups in total. The Hall–Kier alpha value is -3.09. The number of anilines is 5. The zero-order chi connectivity index (χ0) is 18.9. The Balaban J connectivity index is 1.88. The molecule has 0 fully saturated rings. The van der Waals surface area contributed by atoms with Gasteiger partial charge in [-0.15, -0.1) is 0 Å². The smallest absolute Gasteiger partial charge is 0.250 e. The van der Waals surface area contributed by atoms with Gasteiger partial charge in [0.15, 0.2) is 5.82 Å². The van der Waals surface area contributed by atoms with Gasteiger partial charge in [0, 0.05) is 16.8 Å². The van der Waals surface area contributed by atoms with E-state index in [9.17, 15) is 4.79 Å². The molecule has 2 aromatic rings. The van der Waals surface area contributed by atoms with Crippen LogP contribution >= 0.6 is 0 Å². The van der Waals surface area contributed by atoms with E-state index < -0.39 is 0 Å². The average molecular weight is 352 g/mol. The van der Waals surface area contributed by atoms with Crippen LogP contribution in [-0.2, 0) is 4.79 Å². The monoisotopic (exact) mass is 352 g/mol. The van der Waals surface area contributed by atoms with Crippen molar-refractivity contribution in [2.45, 2.75) is 33.2 Å². The normalized spacial score (nSPS) is 13.0. The maximum atomic E-state index is 11.9. The third kappa shape index (κ3) is 3.93. The van der Waals surface area contributed by atoms with Crippen LogP contribution in [0.3, 0.4) is 0 Å². The predicted molar refractivity (Wildman–Crippen MR) is 106 cm³/mol. The maximum Gasteiger partial charge on any atom is 0.250 e. The van der Waals surface area contributed by atoms with E-state index in [1.54, 1.807) is 19.3 Å². The lowest BCUT2D eigenvalue weighted by Gasteiger charge is -2.23. The quantitative estimate of drug-likeness (QED) is 0.728. The number of aromatic nitrogens is 2. The molecule has 2 heterocycles. The van der Waals surface area contributed by atoms with Gasteiger partial charge in [0.2, 0.25) is 0 Å². The van der Waals surface area contributed by atoms with Crippen molar-refractivity contribution in [3.63, 3.8) is 0 Å². The largest absolute Gasteiger partial charge is 0.366 e. The molecule has 7 nitrogen and oxygen atoms in total. The predicted octanol–water partition coefficient (Wildman–Crippen LogP) is 3.72. The van der Waals surface area contributed by atoms with Crippen molar-refractivity contribution in [1.82, 2.24) is 9.97 Å². The van der Waals surface area contributed by atoms with E-state index in [1.165, 1.54) is 0 Å². The topological polar surface area (TPSA) is 82.2 Å². The minimum atomic E-state index is -0.196. The molecule has 0 radical (unpaired) electrons. The molecule has 0 unspecified atom stereocenters. The van der Waals surface area contributed by atoms with E-state index in [-0.39, 0.29) is 11.4 Å². The van der Waals surface area contributed by atoms with Gasteiger partial charge in [-0.1, -0.05) is 6.58 Å². The molecule has 1 amide bonds. The highest BCUT2D eigenvalue weighted by Gasteiger charge is 2.23. The fourth-order valence-electron chi connectivity index (χ4n) is 2.60. The number of fused-ring (bicyclic) bond motifs is 1. The van der Waals surface area contributed by atoms with Crippen molar-refractivity contribution in [3.8, 4) is 0 Å². The first-order valence-corrected chi connectivity index (χ1v) is 8.45. The number of benzene rings is 1. The van der Waals surface area contributed by atoms with Crippen LogP contribution in [0.5, 0.6) is 0 Å². The molecule has 0 bridgehead atoms. The van der Waals surface area contributed by atoms with Crippen molar-refractivity contribution in [1.29, 1.82) is 0 Å². The van der Waals surface area contributed by atoms with Gasteiger partial charge < -0.3 is 20.9 Å². The molecule has 136 valence electrons. The summed E-state index contributed by atoms with van der Waals surface area (Å²) in [7, 11) is 0. The summed E-state index contributed by atoms with van der Waals surface area (Å²) in [6.07, 6.45) is 3.44. The van der Waals surface area contributed by atoms with Gasteiger partial charge in [-0.25, -0.2) is 4.98 Å². The van der Waals surface area contributed by atoms with Crippen LogP contribution in [0.15, 0.2) is 42.7 Å². The first-order valence-electron chi connectivity index (χ1n) is 8.45. The van der Waals surface area contributed by atoms with Crippen molar-refractivity contribution < 1.29 is 4.79 Å². The molecule has 3 rings (SSSR count). The highest BCUT2D eigenvalue weighted by molar-refractivity contribution is 6.03. The van der Waals surface area contributed by atoms with Gasteiger partial charge >= 0.3 is 0 Å². The van der Waals surface area contributed by atoms with E-state index in [2.05, 4.69) is 53.3 Å². The highest BCUT2D eigenvalue weighted by atomic mass is 16.1. The van der Waals surface area contributed by atoms with Crippen molar-refractivity contribution >= 4 is 34.6 Å². The second kappa shape index (κ2) is 6.67. The van der Waals surface area contributed by atoms with Gasteiger partial charge in [-0.2, -0.15) is 0 Å². The van der Waals surface area contributed by atoms with Gasteiger partial charge in [-0.05, 0) is 45.9 Å². The number of rotatable bonds is 4. The van der Waals surface area contributed by atoms with Crippen LogP contribution in [-0.4, -0.2) is 28.1 Å². The Bertz CT molecular complexity index is 855. The van der Waals surface area contributed by atoms with E-state index in [0.29, 0.717) is 17.9 Å². The molecule has 0 saturated heterocycles. The summed E-state index contributed by atoms with van der Waals surface area (Å²) < 4.78 is 0. The molecule has 0 saturated carbocycles. The van der Waals surface area contributed by atoms with Crippen molar-refractivity contribution in [2.24, 2.45) is 0 Å². The van der Waals surface area contributed by atoms with Crippen molar-refractivity contribution in [3.05, 3.63) is 42.7 Å². The summed E-state index contributed by atoms with van der Waals surface area (Å²) in [6, 6.07) is 5.72. The number of carbonyl (C=O) groups is 1. The van der Waals surface area contributed by atoms with Crippen molar-refractivity contribution in [2.75, 3.05) is 27.5 Å². The van der Waals surface area contributed by atoms with Crippen LogP contribution in [0.1, 0.15) is 27.7 Å². The number of nitrogens with zero attached hydrogens (tertiary/aromatic N) is 3. The first kappa shape index (κ1) is 17.7. The van der Waals surface area contributed by atoms with Crippen LogP contribution < -0.4 is 20.9 Å². The van der Waals surface area contributed by atoms with Crippen LogP contribution in [0, 0.1) is 0 Å².